The van der Waals surface area contributed by atoms with E-state index in [1.54, 1.807) is 0 Å². The molecular weight excluding hydrogens is 488 g/mol. The molecule has 6 aromatic rings. The number of fused-ring (bicyclic) bond motifs is 2. The standard InChI is InChI=1S/C34H25Br/c35-33-18-17-31-22-30(15-16-32(31)23-33)29-14-13-27-19-24(11-12-28(27)21-29)20-34(25-7-3-1-4-8-25)26-9-5-2-6-10-26/h1-19,21-23,34H,20H2. The van der Waals surface area contributed by atoms with Crippen LogP contribution in [0.3, 0.4) is 0 Å². The van der Waals surface area contributed by atoms with Gasteiger partial charge < -0.3 is 0 Å². The maximum atomic E-state index is 3.57. The predicted molar refractivity (Wildman–Crippen MR) is 153 cm³/mol. The molecule has 0 aliphatic carbocycles. The van der Waals surface area contributed by atoms with E-state index in [2.05, 4.69) is 149 Å². The van der Waals surface area contributed by atoms with Crippen LogP contribution in [-0.2, 0) is 6.42 Å². The molecule has 0 saturated carbocycles. The molecule has 35 heavy (non-hydrogen) atoms. The highest BCUT2D eigenvalue weighted by Crippen LogP contribution is 2.32. The van der Waals surface area contributed by atoms with Crippen molar-refractivity contribution >= 4 is 37.5 Å². The van der Waals surface area contributed by atoms with Crippen molar-refractivity contribution in [1.82, 2.24) is 0 Å². The Morgan fingerprint density at radius 2 is 0.943 bits per heavy atom. The second-order valence-electron chi connectivity index (χ2n) is 9.18. The molecule has 168 valence electrons. The van der Waals surface area contributed by atoms with Gasteiger partial charge in [-0.05, 0) is 80.0 Å². The minimum Gasteiger partial charge on any atom is -0.0622 e. The average molecular weight is 513 g/mol. The monoisotopic (exact) mass is 512 g/mol. The molecule has 0 radical (unpaired) electrons. The zero-order valence-electron chi connectivity index (χ0n) is 19.4. The van der Waals surface area contributed by atoms with E-state index in [0.29, 0.717) is 5.92 Å². The lowest BCUT2D eigenvalue weighted by molar-refractivity contribution is 0.806. The van der Waals surface area contributed by atoms with E-state index >= 15 is 0 Å². The fraction of sp³-hybridized carbons (Fsp3) is 0.0588. The van der Waals surface area contributed by atoms with Gasteiger partial charge in [-0.3, -0.25) is 0 Å². The van der Waals surface area contributed by atoms with Crippen LogP contribution in [0, 0.1) is 0 Å². The van der Waals surface area contributed by atoms with Crippen molar-refractivity contribution in [3.05, 3.63) is 155 Å². The first-order chi connectivity index (χ1) is 17.2. The topological polar surface area (TPSA) is 0 Å². The average Bonchev–Trinajstić information content (AvgIpc) is 2.92. The summed E-state index contributed by atoms with van der Waals surface area (Å²) in [7, 11) is 0. The Morgan fingerprint density at radius 3 is 1.54 bits per heavy atom. The Hall–Kier alpha value is -3.68. The SMILES string of the molecule is Brc1ccc2cc(-c3ccc4cc(CC(c5ccccc5)c5ccccc5)ccc4c3)ccc2c1. The van der Waals surface area contributed by atoms with E-state index in [1.165, 1.54) is 49.4 Å². The van der Waals surface area contributed by atoms with Gasteiger partial charge in [0, 0.05) is 10.4 Å². The Bertz CT molecular complexity index is 1580. The molecule has 0 saturated heterocycles. The maximum absolute atomic E-state index is 3.57. The molecule has 0 amide bonds. The van der Waals surface area contributed by atoms with Gasteiger partial charge in [-0.2, -0.15) is 0 Å². The lowest BCUT2D eigenvalue weighted by atomic mass is 9.85. The lowest BCUT2D eigenvalue weighted by Gasteiger charge is -2.19. The van der Waals surface area contributed by atoms with Crippen LogP contribution < -0.4 is 0 Å². The fourth-order valence-corrected chi connectivity index (χ4v) is 5.41. The predicted octanol–water partition coefficient (Wildman–Crippen LogP) is 9.80. The molecular formula is C34H25Br. The third-order valence-corrected chi connectivity index (χ3v) is 7.38. The molecule has 0 fully saturated rings. The number of halogens is 1. The zero-order chi connectivity index (χ0) is 23.6. The summed E-state index contributed by atoms with van der Waals surface area (Å²) in [6.45, 7) is 0. The normalized spacial score (nSPS) is 11.4. The highest BCUT2D eigenvalue weighted by atomic mass is 79.9. The molecule has 0 bridgehead atoms. The second-order valence-corrected chi connectivity index (χ2v) is 10.1. The van der Waals surface area contributed by atoms with Crippen molar-refractivity contribution in [2.75, 3.05) is 0 Å². The molecule has 0 nitrogen and oxygen atoms in total. The van der Waals surface area contributed by atoms with Crippen molar-refractivity contribution in [3.63, 3.8) is 0 Å². The van der Waals surface area contributed by atoms with Crippen LogP contribution >= 0.6 is 15.9 Å². The summed E-state index contributed by atoms with van der Waals surface area (Å²) in [5.74, 6) is 0.340. The Labute approximate surface area is 215 Å². The van der Waals surface area contributed by atoms with Gasteiger partial charge in [-0.25, -0.2) is 0 Å². The molecule has 0 aliphatic rings. The van der Waals surface area contributed by atoms with Gasteiger partial charge in [-0.1, -0.05) is 125 Å². The third-order valence-electron chi connectivity index (χ3n) is 6.88. The van der Waals surface area contributed by atoms with Crippen LogP contribution in [0.1, 0.15) is 22.6 Å². The summed E-state index contributed by atoms with van der Waals surface area (Å²) in [6.07, 6.45) is 0.978. The van der Waals surface area contributed by atoms with Crippen molar-refractivity contribution < 1.29 is 0 Å². The molecule has 0 atom stereocenters. The molecule has 0 aliphatic heterocycles. The summed E-state index contributed by atoms with van der Waals surface area (Å²) in [5, 5.41) is 5.07. The van der Waals surface area contributed by atoms with E-state index in [-0.39, 0.29) is 0 Å². The Kier molecular flexibility index (Phi) is 5.94. The number of rotatable bonds is 5. The summed E-state index contributed by atoms with van der Waals surface area (Å²) in [4.78, 5) is 0. The van der Waals surface area contributed by atoms with Crippen LogP contribution in [0.5, 0.6) is 0 Å². The van der Waals surface area contributed by atoms with Crippen LogP contribution in [0.15, 0.2) is 138 Å². The van der Waals surface area contributed by atoms with E-state index in [0.717, 1.165) is 10.9 Å². The third kappa shape index (κ3) is 4.65. The van der Waals surface area contributed by atoms with E-state index < -0.39 is 0 Å². The zero-order valence-corrected chi connectivity index (χ0v) is 21.0. The first-order valence-corrected chi connectivity index (χ1v) is 12.8. The maximum Gasteiger partial charge on any atom is 0.0181 e. The molecule has 0 spiro atoms. The van der Waals surface area contributed by atoms with Gasteiger partial charge >= 0.3 is 0 Å². The summed E-state index contributed by atoms with van der Waals surface area (Å²) < 4.78 is 1.11. The smallest absolute Gasteiger partial charge is 0.0181 e. The summed E-state index contributed by atoms with van der Waals surface area (Å²) in [5.41, 5.74) is 6.58. The van der Waals surface area contributed by atoms with Crippen molar-refractivity contribution in [2.45, 2.75) is 12.3 Å². The van der Waals surface area contributed by atoms with Gasteiger partial charge in [-0.15, -0.1) is 0 Å². The second kappa shape index (κ2) is 9.52. The largest absolute Gasteiger partial charge is 0.0622 e. The molecule has 0 heterocycles. The summed E-state index contributed by atoms with van der Waals surface area (Å²) >= 11 is 3.57. The van der Waals surface area contributed by atoms with Gasteiger partial charge in [0.15, 0.2) is 0 Å². The summed E-state index contributed by atoms with van der Waals surface area (Å²) in [6, 6.07) is 48.6. The Morgan fingerprint density at radius 1 is 0.457 bits per heavy atom. The van der Waals surface area contributed by atoms with Gasteiger partial charge in [0.05, 0.1) is 0 Å². The minimum absolute atomic E-state index is 0.340. The van der Waals surface area contributed by atoms with Crippen molar-refractivity contribution in [1.29, 1.82) is 0 Å². The van der Waals surface area contributed by atoms with Crippen LogP contribution in [-0.4, -0.2) is 0 Å². The van der Waals surface area contributed by atoms with Gasteiger partial charge in [0.1, 0.15) is 0 Å². The molecule has 0 unspecified atom stereocenters. The van der Waals surface area contributed by atoms with Crippen molar-refractivity contribution in [3.8, 4) is 11.1 Å². The van der Waals surface area contributed by atoms with E-state index in [1.807, 2.05) is 0 Å². The number of benzene rings is 6. The quantitative estimate of drug-likeness (QED) is 0.215. The van der Waals surface area contributed by atoms with Crippen LogP contribution in [0.25, 0.3) is 32.7 Å². The van der Waals surface area contributed by atoms with Crippen LogP contribution in [0.4, 0.5) is 0 Å². The number of hydrogen-bond donors (Lipinski definition) is 0. The molecule has 1 heteroatoms. The highest BCUT2D eigenvalue weighted by Gasteiger charge is 2.15. The minimum atomic E-state index is 0.340. The fourth-order valence-electron chi connectivity index (χ4n) is 5.03. The highest BCUT2D eigenvalue weighted by molar-refractivity contribution is 9.10. The molecule has 0 N–H and O–H groups in total. The van der Waals surface area contributed by atoms with E-state index in [9.17, 15) is 0 Å². The van der Waals surface area contributed by atoms with Gasteiger partial charge in [0.2, 0.25) is 0 Å². The van der Waals surface area contributed by atoms with E-state index in [4.69, 9.17) is 0 Å². The first-order valence-electron chi connectivity index (χ1n) is 12.1. The number of hydrogen-bond acceptors (Lipinski definition) is 0. The Balaban J connectivity index is 1.33. The first kappa shape index (κ1) is 21.8. The van der Waals surface area contributed by atoms with Crippen molar-refractivity contribution in [2.24, 2.45) is 0 Å². The lowest BCUT2D eigenvalue weighted by Crippen LogP contribution is -2.05. The van der Waals surface area contributed by atoms with Crippen LogP contribution in [0.2, 0.25) is 0 Å². The molecule has 6 aromatic carbocycles. The van der Waals surface area contributed by atoms with Gasteiger partial charge in [0.25, 0.3) is 0 Å². The molecule has 0 aromatic heterocycles. The molecule has 6 rings (SSSR count).